The zero-order valence-electron chi connectivity index (χ0n) is 19.8. The summed E-state index contributed by atoms with van der Waals surface area (Å²) in [6.07, 6.45) is -8.70. The molecule has 0 radical (unpaired) electrons. The number of rotatable bonds is 8. The quantitative estimate of drug-likeness (QED) is 0.206. The van der Waals surface area contributed by atoms with E-state index >= 15 is 0 Å². The molecule has 10 heteroatoms. The van der Waals surface area contributed by atoms with Crippen LogP contribution in [0.5, 0.6) is 0 Å². The number of alkyl halides is 6. The van der Waals surface area contributed by atoms with Crippen LogP contribution in [0.1, 0.15) is 16.7 Å². The van der Waals surface area contributed by atoms with Crippen LogP contribution in [-0.4, -0.2) is 46.6 Å². The summed E-state index contributed by atoms with van der Waals surface area (Å²) in [5, 5.41) is 0. The van der Waals surface area contributed by atoms with Crippen LogP contribution in [0.4, 0.5) is 37.7 Å². The monoisotopic (exact) mass is 574 g/mol. The van der Waals surface area contributed by atoms with Gasteiger partial charge in [-0.1, -0.05) is 58.4 Å². The number of hydrogen-bond acceptors (Lipinski definition) is 3. The molecule has 0 N–H and O–H groups in total. The van der Waals surface area contributed by atoms with Crippen molar-refractivity contribution in [3.8, 4) is 0 Å². The molecule has 0 aliphatic rings. The van der Waals surface area contributed by atoms with Crippen LogP contribution in [0.15, 0.2) is 77.3 Å². The molecule has 0 aliphatic carbocycles. The van der Waals surface area contributed by atoms with Gasteiger partial charge < -0.3 is 14.5 Å². The lowest BCUT2D eigenvalue weighted by Crippen LogP contribution is -2.33. The van der Waals surface area contributed by atoms with E-state index < -0.39 is 31.0 Å². The molecule has 0 fully saturated rings. The summed E-state index contributed by atoms with van der Waals surface area (Å²) in [4.78, 5) is 2.20. The van der Waals surface area contributed by atoms with Gasteiger partial charge in [0, 0.05) is 42.6 Å². The first-order valence-electron chi connectivity index (χ1n) is 10.8. The summed E-state index contributed by atoms with van der Waals surface area (Å²) < 4.78 is 83.9. The van der Waals surface area contributed by atoms with Gasteiger partial charge in [-0.3, -0.25) is 0 Å². The highest BCUT2D eigenvalue weighted by Crippen LogP contribution is 2.44. The second-order valence-electron chi connectivity index (χ2n) is 8.40. The van der Waals surface area contributed by atoms with Crippen LogP contribution >= 0.6 is 15.9 Å². The van der Waals surface area contributed by atoms with Crippen LogP contribution in [0.25, 0.3) is 0 Å². The van der Waals surface area contributed by atoms with Crippen LogP contribution in [0.3, 0.4) is 0 Å². The Morgan fingerprint density at radius 1 is 0.667 bits per heavy atom. The van der Waals surface area contributed by atoms with E-state index in [2.05, 4.69) is 15.9 Å². The fraction of sp³-hybridized carbons (Fsp3) is 0.308. The molecule has 0 amide bonds. The van der Waals surface area contributed by atoms with Crippen molar-refractivity contribution in [2.75, 3.05) is 44.1 Å². The Kier molecular flexibility index (Phi) is 8.30. The summed E-state index contributed by atoms with van der Waals surface area (Å²) in [7, 11) is 4.22. The van der Waals surface area contributed by atoms with Gasteiger partial charge >= 0.3 is 12.4 Å². The summed E-state index contributed by atoms with van der Waals surface area (Å²) >= 11 is 3.56. The van der Waals surface area contributed by atoms with Crippen molar-refractivity contribution in [3.05, 3.63) is 94.0 Å². The Hall–Kier alpha value is -2.72. The lowest BCUT2D eigenvalue weighted by Gasteiger charge is -2.36. The second-order valence-corrected chi connectivity index (χ2v) is 9.26. The zero-order valence-corrected chi connectivity index (χ0v) is 21.4. The third kappa shape index (κ3) is 6.34. The molecule has 0 heterocycles. The molecule has 0 saturated heterocycles. The van der Waals surface area contributed by atoms with Gasteiger partial charge in [-0.05, 0) is 41.5 Å². The average Bonchev–Trinajstić information content (AvgIpc) is 2.79. The number of ether oxygens (including phenoxy) is 1. The van der Waals surface area contributed by atoms with Crippen LogP contribution in [0.2, 0.25) is 0 Å². The van der Waals surface area contributed by atoms with Gasteiger partial charge in [-0.15, -0.1) is 0 Å². The molecular weight excluding hydrogens is 550 g/mol. The highest BCUT2D eigenvalue weighted by Gasteiger charge is 2.38. The van der Waals surface area contributed by atoms with Crippen LogP contribution < -0.4 is 9.80 Å². The number of halogens is 7. The van der Waals surface area contributed by atoms with Crippen molar-refractivity contribution in [2.24, 2.45) is 0 Å². The molecule has 0 bridgehead atoms. The Labute approximate surface area is 214 Å². The number of benzene rings is 3. The number of anilines is 2. The van der Waals surface area contributed by atoms with E-state index in [1.54, 1.807) is 48.5 Å². The predicted octanol–water partition coefficient (Wildman–Crippen LogP) is 7.38. The van der Waals surface area contributed by atoms with Gasteiger partial charge in [0.25, 0.3) is 0 Å². The molecular formula is C26H25BrF6N2O. The first kappa shape index (κ1) is 27.9. The summed E-state index contributed by atoms with van der Waals surface area (Å²) in [5.41, 5.74) is 1.55. The fourth-order valence-electron chi connectivity index (χ4n) is 4.19. The molecule has 3 rings (SSSR count). The molecule has 0 saturated carbocycles. The van der Waals surface area contributed by atoms with Crippen molar-refractivity contribution in [1.29, 1.82) is 0 Å². The molecule has 0 unspecified atom stereocenters. The highest BCUT2D eigenvalue weighted by molar-refractivity contribution is 9.10. The topological polar surface area (TPSA) is 15.7 Å². The third-order valence-corrected chi connectivity index (χ3v) is 6.51. The van der Waals surface area contributed by atoms with Gasteiger partial charge in [0.15, 0.2) is 0 Å². The summed E-state index contributed by atoms with van der Waals surface area (Å²) in [6, 6.07) is 20.4. The summed E-state index contributed by atoms with van der Waals surface area (Å²) in [5.74, 6) is 0. The van der Waals surface area contributed by atoms with Crippen LogP contribution in [0, 0.1) is 0 Å². The van der Waals surface area contributed by atoms with Gasteiger partial charge in [0.1, 0.15) is 18.7 Å². The van der Waals surface area contributed by atoms with Crippen molar-refractivity contribution in [2.45, 2.75) is 18.0 Å². The molecule has 194 valence electrons. The minimum absolute atomic E-state index is 0.373. The zero-order chi connectivity index (χ0) is 26.7. The van der Waals surface area contributed by atoms with Crippen molar-refractivity contribution < 1.29 is 31.1 Å². The Bertz CT molecular complexity index is 1080. The average molecular weight is 575 g/mol. The van der Waals surface area contributed by atoms with Gasteiger partial charge in [0.05, 0.1) is 0 Å². The van der Waals surface area contributed by atoms with Crippen LogP contribution in [-0.2, 0) is 10.3 Å². The van der Waals surface area contributed by atoms with E-state index in [9.17, 15) is 26.3 Å². The third-order valence-electron chi connectivity index (χ3n) is 5.82. The molecule has 3 nitrogen and oxygen atoms in total. The molecule has 0 spiro atoms. The SMILES string of the molecule is COC(c1ccc(N(C)CC(F)(F)F)cc1)(c1ccc(N(C)CC(F)(F)F)cc1)c1ccccc1Br. The molecule has 36 heavy (non-hydrogen) atoms. The van der Waals surface area contributed by atoms with E-state index in [0.717, 1.165) is 19.8 Å². The van der Waals surface area contributed by atoms with E-state index in [1.807, 2.05) is 24.3 Å². The van der Waals surface area contributed by atoms with Crippen molar-refractivity contribution in [3.63, 3.8) is 0 Å². The number of nitrogens with zero attached hydrogens (tertiary/aromatic N) is 2. The van der Waals surface area contributed by atoms with Gasteiger partial charge in [-0.2, -0.15) is 26.3 Å². The second kappa shape index (κ2) is 10.7. The molecule has 0 aromatic heterocycles. The first-order valence-corrected chi connectivity index (χ1v) is 11.6. The molecule has 3 aromatic rings. The lowest BCUT2D eigenvalue weighted by atomic mass is 9.80. The maximum absolute atomic E-state index is 12.8. The van der Waals surface area contributed by atoms with Gasteiger partial charge in [-0.25, -0.2) is 0 Å². The molecule has 0 aliphatic heterocycles. The maximum Gasteiger partial charge on any atom is 0.405 e. The molecule has 3 aromatic carbocycles. The van der Waals surface area contributed by atoms with E-state index in [-0.39, 0.29) is 0 Å². The Morgan fingerprint density at radius 2 is 1.06 bits per heavy atom. The minimum Gasteiger partial charge on any atom is -0.366 e. The van der Waals surface area contributed by atoms with E-state index in [4.69, 9.17) is 4.74 Å². The Balaban J connectivity index is 2.09. The minimum atomic E-state index is -4.35. The smallest absolute Gasteiger partial charge is 0.366 e. The fourth-order valence-corrected chi connectivity index (χ4v) is 4.76. The van der Waals surface area contributed by atoms with Crippen molar-refractivity contribution >= 4 is 27.3 Å². The van der Waals surface area contributed by atoms with Gasteiger partial charge in [0.2, 0.25) is 0 Å². The van der Waals surface area contributed by atoms with E-state index in [1.165, 1.54) is 21.2 Å². The Morgan fingerprint density at radius 3 is 1.39 bits per heavy atom. The number of methoxy groups -OCH3 is 1. The van der Waals surface area contributed by atoms with E-state index in [0.29, 0.717) is 22.5 Å². The standard InChI is InChI=1S/C26H25BrF6N2O/c1-34(16-24(28,29)30)20-12-8-18(9-13-20)26(36-3,22-6-4-5-7-23(22)27)19-10-14-21(15-11-19)35(2)17-25(31,32)33/h4-15H,16-17H2,1-3H3. The largest absolute Gasteiger partial charge is 0.405 e. The summed E-state index contributed by atoms with van der Waals surface area (Å²) in [6.45, 7) is -2.20. The first-order chi connectivity index (χ1) is 16.8. The normalized spacial score (nSPS) is 12.5. The van der Waals surface area contributed by atoms with Crippen molar-refractivity contribution in [1.82, 2.24) is 0 Å². The molecule has 0 atom stereocenters. The highest BCUT2D eigenvalue weighted by atomic mass is 79.9. The lowest BCUT2D eigenvalue weighted by molar-refractivity contribution is -0.120. The number of hydrogen-bond donors (Lipinski definition) is 0. The predicted molar refractivity (Wildman–Crippen MR) is 133 cm³/mol. The maximum atomic E-state index is 12.8.